The highest BCUT2D eigenvalue weighted by Crippen LogP contribution is 2.51. The van der Waals surface area contributed by atoms with Gasteiger partial charge in [-0.1, -0.05) is 89.6 Å². The predicted octanol–water partition coefficient (Wildman–Crippen LogP) is 8.96. The Hall–Kier alpha value is -1.61. The molecule has 0 amide bonds. The predicted molar refractivity (Wildman–Crippen MR) is 152 cm³/mol. The van der Waals surface area contributed by atoms with E-state index >= 15 is 0 Å². The van der Waals surface area contributed by atoms with Crippen LogP contribution in [0.15, 0.2) is 52.8 Å². The molecule has 3 heteroatoms. The normalized spacial score (nSPS) is 29.8. The molecule has 0 heterocycles. The first kappa shape index (κ1) is 29.6. The first-order chi connectivity index (χ1) is 16.5. The van der Waals surface area contributed by atoms with E-state index in [2.05, 4.69) is 65.4 Å². The SMILES string of the molecule is C=C1/C(=C\C=C2/CCCC[C@](C)(C(=C)[C@H](C)CCC/C(=N\OC)C(C)(C)C)C2CC)CCCC1O. The van der Waals surface area contributed by atoms with Crippen molar-refractivity contribution in [1.29, 1.82) is 0 Å². The third-order valence-electron chi connectivity index (χ3n) is 8.72. The van der Waals surface area contributed by atoms with Crippen LogP contribution >= 0.6 is 0 Å². The smallest absolute Gasteiger partial charge is 0.106 e. The molecule has 0 aromatic heterocycles. The molecule has 4 atom stereocenters. The van der Waals surface area contributed by atoms with Crippen molar-refractivity contribution in [3.63, 3.8) is 0 Å². The third-order valence-corrected chi connectivity index (χ3v) is 8.72. The van der Waals surface area contributed by atoms with Crippen molar-refractivity contribution in [2.24, 2.45) is 27.8 Å². The molecule has 2 rings (SSSR count). The van der Waals surface area contributed by atoms with Crippen molar-refractivity contribution < 1.29 is 9.94 Å². The topological polar surface area (TPSA) is 41.8 Å². The van der Waals surface area contributed by atoms with Gasteiger partial charge in [0.05, 0.1) is 11.8 Å². The van der Waals surface area contributed by atoms with Gasteiger partial charge in [-0.3, -0.25) is 0 Å². The molecule has 1 N–H and O–H groups in total. The second-order valence-corrected chi connectivity index (χ2v) is 12.2. The number of hydrogen-bond acceptors (Lipinski definition) is 3. The molecule has 2 aliphatic carbocycles. The molecular formula is C32H53NO2. The van der Waals surface area contributed by atoms with E-state index in [1.165, 1.54) is 30.4 Å². The largest absolute Gasteiger partial charge is 0.399 e. The van der Waals surface area contributed by atoms with Gasteiger partial charge in [-0.2, -0.15) is 0 Å². The standard InChI is InChI=1S/C32H53NO2/c1-10-28-27(21-20-26-17-14-18-29(34)24(26)3)16-11-12-22-32(28,8)25(4)23(2)15-13-19-30(33-35-9)31(5,6)7/h20-21,23,28-29,34H,3-4,10-19,22H2,1-2,5-9H3/b26-20-,27-21+,33-30+/t23-,28?,29?,32-/m1/s1. The molecule has 0 radical (unpaired) electrons. The average molecular weight is 484 g/mol. The Morgan fingerprint density at radius 1 is 1.23 bits per heavy atom. The van der Waals surface area contributed by atoms with Gasteiger partial charge in [0.1, 0.15) is 7.11 Å². The van der Waals surface area contributed by atoms with E-state index in [1.807, 2.05) is 0 Å². The quantitative estimate of drug-likeness (QED) is 0.154. The Balaban J connectivity index is 2.18. The maximum atomic E-state index is 10.2. The minimum Gasteiger partial charge on any atom is -0.399 e. The van der Waals surface area contributed by atoms with Gasteiger partial charge in [0.25, 0.3) is 0 Å². The number of oxime groups is 1. The lowest BCUT2D eigenvalue weighted by atomic mass is 9.63. The van der Waals surface area contributed by atoms with Crippen LogP contribution in [0.2, 0.25) is 0 Å². The van der Waals surface area contributed by atoms with Crippen molar-refractivity contribution in [3.8, 4) is 0 Å². The van der Waals surface area contributed by atoms with E-state index in [0.29, 0.717) is 11.8 Å². The van der Waals surface area contributed by atoms with E-state index in [4.69, 9.17) is 11.4 Å². The molecule has 0 aliphatic heterocycles. The molecule has 35 heavy (non-hydrogen) atoms. The summed E-state index contributed by atoms with van der Waals surface area (Å²) >= 11 is 0. The molecule has 0 spiro atoms. The van der Waals surface area contributed by atoms with Crippen LogP contribution in [0.5, 0.6) is 0 Å². The Bertz CT molecular complexity index is 825. The number of rotatable bonds is 9. The van der Waals surface area contributed by atoms with E-state index in [-0.39, 0.29) is 16.9 Å². The minimum absolute atomic E-state index is 0.0325. The second kappa shape index (κ2) is 13.1. The molecule has 2 unspecified atom stereocenters. The number of aliphatic hydroxyl groups excluding tert-OH is 1. The highest BCUT2D eigenvalue weighted by molar-refractivity contribution is 5.88. The van der Waals surface area contributed by atoms with Crippen LogP contribution in [0.1, 0.15) is 112 Å². The van der Waals surface area contributed by atoms with Gasteiger partial charge < -0.3 is 9.94 Å². The van der Waals surface area contributed by atoms with Crippen molar-refractivity contribution in [1.82, 2.24) is 0 Å². The van der Waals surface area contributed by atoms with E-state index < -0.39 is 0 Å². The summed E-state index contributed by atoms with van der Waals surface area (Å²) in [6.45, 7) is 22.7. The molecule has 198 valence electrons. The van der Waals surface area contributed by atoms with Gasteiger partial charge in [-0.25, -0.2) is 0 Å². The fourth-order valence-corrected chi connectivity index (χ4v) is 6.29. The van der Waals surface area contributed by atoms with Gasteiger partial charge >= 0.3 is 0 Å². The third kappa shape index (κ3) is 7.68. The fourth-order valence-electron chi connectivity index (χ4n) is 6.29. The summed E-state index contributed by atoms with van der Waals surface area (Å²) in [6.07, 6.45) is 16.4. The van der Waals surface area contributed by atoms with Crippen molar-refractivity contribution in [2.45, 2.75) is 118 Å². The van der Waals surface area contributed by atoms with Crippen LogP contribution < -0.4 is 0 Å². The first-order valence-corrected chi connectivity index (χ1v) is 14.0. The molecule has 0 bridgehead atoms. The molecule has 2 aliphatic rings. The maximum absolute atomic E-state index is 10.2. The Kier molecular flexibility index (Phi) is 11.1. The zero-order valence-corrected chi connectivity index (χ0v) is 23.9. The molecule has 0 saturated heterocycles. The summed E-state index contributed by atoms with van der Waals surface area (Å²) in [6, 6.07) is 0. The highest BCUT2D eigenvalue weighted by atomic mass is 16.6. The van der Waals surface area contributed by atoms with Crippen LogP contribution in [0, 0.1) is 22.7 Å². The number of aliphatic hydroxyl groups is 1. The average Bonchev–Trinajstić information content (AvgIpc) is 2.96. The summed E-state index contributed by atoms with van der Waals surface area (Å²) < 4.78 is 0. The zero-order chi connectivity index (χ0) is 26.2. The number of nitrogens with zero attached hydrogens (tertiary/aromatic N) is 1. The molecule has 0 aromatic carbocycles. The highest BCUT2D eigenvalue weighted by Gasteiger charge is 2.40. The Labute approximate surface area is 216 Å². The summed E-state index contributed by atoms with van der Waals surface area (Å²) in [5.74, 6) is 0.988. The molecular weight excluding hydrogens is 430 g/mol. The first-order valence-electron chi connectivity index (χ1n) is 14.0. The minimum atomic E-state index is -0.372. The molecule has 2 fully saturated rings. The van der Waals surface area contributed by atoms with Crippen molar-refractivity contribution in [2.75, 3.05) is 7.11 Å². The van der Waals surface area contributed by atoms with Gasteiger partial charge in [-0.05, 0) is 92.6 Å². The van der Waals surface area contributed by atoms with Crippen LogP contribution in [-0.2, 0) is 4.84 Å². The lowest BCUT2D eigenvalue weighted by Crippen LogP contribution is -2.32. The molecule has 0 aromatic rings. The van der Waals surface area contributed by atoms with Crippen LogP contribution in [0.3, 0.4) is 0 Å². The van der Waals surface area contributed by atoms with Gasteiger partial charge in [-0.15, -0.1) is 0 Å². The van der Waals surface area contributed by atoms with E-state index in [9.17, 15) is 5.11 Å². The van der Waals surface area contributed by atoms with Crippen LogP contribution in [0.25, 0.3) is 0 Å². The lowest BCUT2D eigenvalue weighted by molar-refractivity contribution is 0.191. The van der Waals surface area contributed by atoms with Crippen molar-refractivity contribution >= 4 is 5.71 Å². The summed E-state index contributed by atoms with van der Waals surface area (Å²) in [7, 11) is 1.64. The number of allylic oxidation sites excluding steroid dienone is 4. The van der Waals surface area contributed by atoms with Crippen LogP contribution in [0.4, 0.5) is 0 Å². The van der Waals surface area contributed by atoms with Gasteiger partial charge in [0, 0.05) is 5.41 Å². The van der Waals surface area contributed by atoms with Gasteiger partial charge in [0.15, 0.2) is 0 Å². The Morgan fingerprint density at radius 2 is 1.94 bits per heavy atom. The van der Waals surface area contributed by atoms with Gasteiger partial charge in [0.2, 0.25) is 0 Å². The number of hydrogen-bond donors (Lipinski definition) is 1. The van der Waals surface area contributed by atoms with Crippen molar-refractivity contribution in [3.05, 3.63) is 47.6 Å². The van der Waals surface area contributed by atoms with E-state index in [0.717, 1.165) is 62.7 Å². The lowest BCUT2D eigenvalue weighted by Gasteiger charge is -2.42. The van der Waals surface area contributed by atoms with E-state index in [1.54, 1.807) is 12.7 Å². The Morgan fingerprint density at radius 3 is 2.57 bits per heavy atom. The monoisotopic (exact) mass is 483 g/mol. The van der Waals surface area contributed by atoms with Crippen LogP contribution in [-0.4, -0.2) is 24.0 Å². The molecule has 2 saturated carbocycles. The molecule has 3 nitrogen and oxygen atoms in total. The summed E-state index contributed by atoms with van der Waals surface area (Å²) in [4.78, 5) is 5.12. The summed E-state index contributed by atoms with van der Waals surface area (Å²) in [5, 5.41) is 14.6. The summed E-state index contributed by atoms with van der Waals surface area (Å²) in [5.41, 5.74) is 6.42. The maximum Gasteiger partial charge on any atom is 0.106 e. The fraction of sp³-hybridized carbons (Fsp3) is 0.719. The second-order valence-electron chi connectivity index (χ2n) is 12.2. The zero-order valence-electron chi connectivity index (χ0n) is 23.9.